The molecule has 3 N–H and O–H groups in total. The van der Waals surface area contributed by atoms with Crippen LogP contribution in [0.5, 0.6) is 0 Å². The lowest BCUT2D eigenvalue weighted by Crippen LogP contribution is -2.39. The zero-order valence-corrected chi connectivity index (χ0v) is 12.8. The van der Waals surface area contributed by atoms with Crippen LogP contribution in [0.15, 0.2) is 24.3 Å². The van der Waals surface area contributed by atoms with Crippen LogP contribution in [0.1, 0.15) is 44.7 Å². The molecule has 4 heteroatoms. The topological polar surface area (TPSA) is 55.1 Å². The van der Waals surface area contributed by atoms with Crippen LogP contribution in [0.3, 0.4) is 0 Å². The standard InChI is InChI=1S/C17H25FN2O/c1-11(2)16(12-6-8-14(18)9-7-12)20-17(21)15-5-3-4-13(15)10-19/h6-9,11,13,15-16H,3-5,10,19H2,1-2H3,(H,20,21). The number of rotatable bonds is 5. The fourth-order valence-electron chi connectivity index (χ4n) is 3.23. The Bertz CT molecular complexity index is 472. The maximum Gasteiger partial charge on any atom is 0.223 e. The predicted octanol–water partition coefficient (Wildman–Crippen LogP) is 3.01. The van der Waals surface area contributed by atoms with Crippen LogP contribution in [0.4, 0.5) is 4.39 Å². The van der Waals surface area contributed by atoms with Crippen LogP contribution in [-0.2, 0) is 4.79 Å². The Kier molecular flexibility index (Phi) is 5.34. The maximum atomic E-state index is 13.1. The highest BCUT2D eigenvalue weighted by Crippen LogP contribution is 2.32. The first-order chi connectivity index (χ1) is 10.0. The summed E-state index contributed by atoms with van der Waals surface area (Å²) in [7, 11) is 0. The molecule has 3 atom stereocenters. The normalized spacial score (nSPS) is 23.3. The molecule has 116 valence electrons. The number of halogens is 1. The Morgan fingerprint density at radius 3 is 2.57 bits per heavy atom. The third kappa shape index (κ3) is 3.82. The van der Waals surface area contributed by atoms with Crippen molar-refractivity contribution >= 4 is 5.91 Å². The lowest BCUT2D eigenvalue weighted by molar-refractivity contribution is -0.127. The lowest BCUT2D eigenvalue weighted by atomic mass is 9.92. The Labute approximate surface area is 126 Å². The molecule has 0 saturated heterocycles. The van der Waals surface area contributed by atoms with Crippen LogP contribution in [0, 0.1) is 23.6 Å². The monoisotopic (exact) mass is 292 g/mol. The van der Waals surface area contributed by atoms with Crippen LogP contribution < -0.4 is 11.1 Å². The van der Waals surface area contributed by atoms with Crippen molar-refractivity contribution in [1.29, 1.82) is 0 Å². The Hall–Kier alpha value is -1.42. The van der Waals surface area contributed by atoms with Gasteiger partial charge in [0, 0.05) is 5.92 Å². The quantitative estimate of drug-likeness (QED) is 0.876. The third-order valence-electron chi connectivity index (χ3n) is 4.49. The number of hydrogen-bond acceptors (Lipinski definition) is 2. The SMILES string of the molecule is CC(C)C(NC(=O)C1CCCC1CN)c1ccc(F)cc1. The van der Waals surface area contributed by atoms with Crippen molar-refractivity contribution in [2.75, 3.05) is 6.54 Å². The van der Waals surface area contributed by atoms with Gasteiger partial charge < -0.3 is 11.1 Å². The predicted molar refractivity (Wildman–Crippen MR) is 82.0 cm³/mol. The summed E-state index contributed by atoms with van der Waals surface area (Å²) in [6, 6.07) is 6.28. The van der Waals surface area contributed by atoms with Crippen LogP contribution in [0.25, 0.3) is 0 Å². The van der Waals surface area contributed by atoms with Gasteiger partial charge in [-0.05, 0) is 48.9 Å². The summed E-state index contributed by atoms with van der Waals surface area (Å²) in [5, 5.41) is 3.14. The summed E-state index contributed by atoms with van der Waals surface area (Å²) in [6.07, 6.45) is 3.03. The van der Waals surface area contributed by atoms with E-state index in [0.29, 0.717) is 12.5 Å². The van der Waals surface area contributed by atoms with E-state index < -0.39 is 0 Å². The lowest BCUT2D eigenvalue weighted by Gasteiger charge is -2.26. The number of nitrogens with one attached hydrogen (secondary N) is 1. The average molecular weight is 292 g/mol. The number of benzene rings is 1. The van der Waals surface area contributed by atoms with Crippen molar-refractivity contribution in [3.05, 3.63) is 35.6 Å². The number of carbonyl (C=O) groups excluding carboxylic acids is 1. The molecule has 0 aromatic heterocycles. The molecule has 0 aliphatic heterocycles. The second kappa shape index (κ2) is 7.03. The van der Waals surface area contributed by atoms with Gasteiger partial charge in [0.05, 0.1) is 6.04 Å². The first kappa shape index (κ1) is 16.0. The van der Waals surface area contributed by atoms with Gasteiger partial charge in [0.2, 0.25) is 5.91 Å². The van der Waals surface area contributed by atoms with E-state index in [4.69, 9.17) is 5.73 Å². The van der Waals surface area contributed by atoms with Gasteiger partial charge in [-0.3, -0.25) is 4.79 Å². The molecule has 3 unspecified atom stereocenters. The van der Waals surface area contributed by atoms with Gasteiger partial charge in [-0.25, -0.2) is 4.39 Å². The molecule has 1 fully saturated rings. The molecule has 1 saturated carbocycles. The van der Waals surface area contributed by atoms with Crippen LogP contribution >= 0.6 is 0 Å². The molecular weight excluding hydrogens is 267 g/mol. The van der Waals surface area contributed by atoms with Gasteiger partial charge in [-0.1, -0.05) is 32.4 Å². The maximum absolute atomic E-state index is 13.1. The molecule has 0 bridgehead atoms. The summed E-state index contributed by atoms with van der Waals surface area (Å²) in [6.45, 7) is 4.69. The van der Waals surface area contributed by atoms with Crippen molar-refractivity contribution < 1.29 is 9.18 Å². The van der Waals surface area contributed by atoms with Crippen molar-refractivity contribution in [1.82, 2.24) is 5.32 Å². The van der Waals surface area contributed by atoms with Crippen molar-refractivity contribution in [2.45, 2.75) is 39.2 Å². The van der Waals surface area contributed by atoms with Gasteiger partial charge in [-0.15, -0.1) is 0 Å². The van der Waals surface area contributed by atoms with E-state index in [1.165, 1.54) is 12.1 Å². The van der Waals surface area contributed by atoms with Crippen LogP contribution in [0.2, 0.25) is 0 Å². The van der Waals surface area contributed by atoms with E-state index in [-0.39, 0.29) is 29.6 Å². The second-order valence-electron chi connectivity index (χ2n) is 6.32. The summed E-state index contributed by atoms with van der Waals surface area (Å²) >= 11 is 0. The number of amides is 1. The molecule has 1 aliphatic rings. The summed E-state index contributed by atoms with van der Waals surface area (Å²) in [5.74, 6) is 0.400. The summed E-state index contributed by atoms with van der Waals surface area (Å²) in [4.78, 5) is 12.5. The fraction of sp³-hybridized carbons (Fsp3) is 0.588. The number of carbonyl (C=O) groups is 1. The minimum atomic E-state index is -0.258. The highest BCUT2D eigenvalue weighted by molar-refractivity contribution is 5.79. The molecule has 1 aromatic carbocycles. The molecular formula is C17H25FN2O. The van der Waals surface area contributed by atoms with E-state index in [1.807, 2.05) is 0 Å². The highest BCUT2D eigenvalue weighted by Gasteiger charge is 2.33. The van der Waals surface area contributed by atoms with Gasteiger partial charge in [-0.2, -0.15) is 0 Å². The minimum Gasteiger partial charge on any atom is -0.349 e. The molecule has 1 amide bonds. The molecule has 1 aliphatic carbocycles. The first-order valence-corrected chi connectivity index (χ1v) is 7.78. The van der Waals surface area contributed by atoms with E-state index in [1.54, 1.807) is 12.1 Å². The zero-order valence-electron chi connectivity index (χ0n) is 12.8. The van der Waals surface area contributed by atoms with Crippen molar-refractivity contribution in [3.8, 4) is 0 Å². The molecule has 0 radical (unpaired) electrons. The Morgan fingerprint density at radius 2 is 2.00 bits per heavy atom. The van der Waals surface area contributed by atoms with E-state index >= 15 is 0 Å². The van der Waals surface area contributed by atoms with E-state index in [9.17, 15) is 9.18 Å². The van der Waals surface area contributed by atoms with Gasteiger partial charge in [0.1, 0.15) is 5.82 Å². The van der Waals surface area contributed by atoms with Gasteiger partial charge in [0.25, 0.3) is 0 Å². The molecule has 0 spiro atoms. The van der Waals surface area contributed by atoms with E-state index in [0.717, 1.165) is 24.8 Å². The summed E-state index contributed by atoms with van der Waals surface area (Å²) < 4.78 is 13.1. The smallest absolute Gasteiger partial charge is 0.223 e. The molecule has 2 rings (SSSR count). The van der Waals surface area contributed by atoms with Crippen LogP contribution in [-0.4, -0.2) is 12.5 Å². The van der Waals surface area contributed by atoms with Gasteiger partial charge in [0.15, 0.2) is 0 Å². The van der Waals surface area contributed by atoms with Gasteiger partial charge >= 0.3 is 0 Å². The molecule has 0 heterocycles. The second-order valence-corrected chi connectivity index (χ2v) is 6.32. The number of nitrogens with two attached hydrogens (primary N) is 1. The average Bonchev–Trinajstić information content (AvgIpc) is 2.94. The Morgan fingerprint density at radius 1 is 1.33 bits per heavy atom. The van der Waals surface area contributed by atoms with Crippen molar-refractivity contribution in [2.24, 2.45) is 23.5 Å². The third-order valence-corrected chi connectivity index (χ3v) is 4.49. The fourth-order valence-corrected chi connectivity index (χ4v) is 3.23. The first-order valence-electron chi connectivity index (χ1n) is 7.78. The number of hydrogen-bond donors (Lipinski definition) is 2. The largest absolute Gasteiger partial charge is 0.349 e. The summed E-state index contributed by atoms with van der Waals surface area (Å²) in [5.41, 5.74) is 6.71. The molecule has 3 nitrogen and oxygen atoms in total. The zero-order chi connectivity index (χ0) is 15.4. The van der Waals surface area contributed by atoms with E-state index in [2.05, 4.69) is 19.2 Å². The highest BCUT2D eigenvalue weighted by atomic mass is 19.1. The molecule has 1 aromatic rings. The molecule has 21 heavy (non-hydrogen) atoms. The van der Waals surface area contributed by atoms with Crippen molar-refractivity contribution in [3.63, 3.8) is 0 Å². The minimum absolute atomic E-state index is 0.0247. The Balaban J connectivity index is 2.09.